The lowest BCUT2D eigenvalue weighted by molar-refractivity contribution is -0.113. The highest BCUT2D eigenvalue weighted by molar-refractivity contribution is 8.18. The summed E-state index contributed by atoms with van der Waals surface area (Å²) in [6.07, 6.45) is 4.32. The summed E-state index contributed by atoms with van der Waals surface area (Å²) in [5.74, 6) is 0.682. The van der Waals surface area contributed by atoms with Gasteiger partial charge < -0.3 is 4.90 Å². The minimum absolute atomic E-state index is 0.102. The molecule has 3 rings (SSSR count). The van der Waals surface area contributed by atoms with Gasteiger partial charge in [-0.1, -0.05) is 36.8 Å². The number of carbonyl (C=O) groups is 1. The molecule has 1 fully saturated rings. The molecule has 1 saturated heterocycles. The number of likely N-dealkylation sites (tertiary alicyclic amines) is 1. The van der Waals surface area contributed by atoms with Crippen LogP contribution in [0, 0.1) is 12.8 Å². The van der Waals surface area contributed by atoms with E-state index in [9.17, 15) is 4.79 Å². The second-order valence-electron chi connectivity index (χ2n) is 5.89. The molecule has 0 N–H and O–H groups in total. The van der Waals surface area contributed by atoms with Crippen molar-refractivity contribution in [1.29, 1.82) is 0 Å². The summed E-state index contributed by atoms with van der Waals surface area (Å²) in [6.45, 7) is 6.37. The predicted molar refractivity (Wildman–Crippen MR) is 89.2 cm³/mol. The molecule has 0 unspecified atom stereocenters. The van der Waals surface area contributed by atoms with E-state index in [0.717, 1.165) is 34.6 Å². The predicted octanol–water partition coefficient (Wildman–Crippen LogP) is 3.70. The number of nitrogens with zero attached hydrogens (tertiary/aromatic N) is 2. The summed E-state index contributed by atoms with van der Waals surface area (Å²) in [5.41, 5.74) is 2.26. The lowest BCUT2D eigenvalue weighted by atomic mass is 10.00. The Morgan fingerprint density at radius 1 is 1.33 bits per heavy atom. The normalized spacial score (nSPS) is 22.0. The number of piperidine rings is 1. The van der Waals surface area contributed by atoms with E-state index >= 15 is 0 Å². The van der Waals surface area contributed by atoms with Crippen LogP contribution < -0.4 is 0 Å². The van der Waals surface area contributed by atoms with Crippen molar-refractivity contribution >= 4 is 28.9 Å². The van der Waals surface area contributed by atoms with E-state index in [1.807, 2.05) is 18.2 Å². The van der Waals surface area contributed by atoms with E-state index in [1.165, 1.54) is 30.2 Å². The van der Waals surface area contributed by atoms with Gasteiger partial charge in [0.1, 0.15) is 0 Å². The third kappa shape index (κ3) is 3.38. The maximum Gasteiger partial charge on any atom is 0.286 e. The number of aliphatic imine (C=N–C) groups is 1. The van der Waals surface area contributed by atoms with Crippen LogP contribution in [-0.4, -0.2) is 29.1 Å². The summed E-state index contributed by atoms with van der Waals surface area (Å²) in [7, 11) is 0. The molecule has 1 amide bonds. The number of hydrogen-bond donors (Lipinski definition) is 0. The largest absolute Gasteiger partial charge is 0.351 e. The van der Waals surface area contributed by atoms with Crippen LogP contribution in [0.15, 0.2) is 34.2 Å². The van der Waals surface area contributed by atoms with Crippen molar-refractivity contribution in [2.24, 2.45) is 10.9 Å². The van der Waals surface area contributed by atoms with E-state index in [0.29, 0.717) is 0 Å². The monoisotopic (exact) mass is 300 g/mol. The van der Waals surface area contributed by atoms with Crippen molar-refractivity contribution in [2.45, 2.75) is 26.7 Å². The molecular weight excluding hydrogens is 280 g/mol. The first-order valence-corrected chi connectivity index (χ1v) is 8.27. The average Bonchev–Trinajstić information content (AvgIpc) is 2.81. The molecule has 2 aliphatic rings. The lowest BCUT2D eigenvalue weighted by Gasteiger charge is -2.30. The second kappa shape index (κ2) is 6.06. The van der Waals surface area contributed by atoms with Gasteiger partial charge in [-0.05, 0) is 49.1 Å². The molecule has 2 heterocycles. The summed E-state index contributed by atoms with van der Waals surface area (Å²) in [4.78, 5) is 19.3. The minimum Gasteiger partial charge on any atom is -0.351 e. The van der Waals surface area contributed by atoms with Crippen molar-refractivity contribution in [3.05, 3.63) is 40.3 Å². The Labute approximate surface area is 130 Å². The van der Waals surface area contributed by atoms with E-state index < -0.39 is 0 Å². The molecule has 3 nitrogen and oxygen atoms in total. The zero-order valence-corrected chi connectivity index (χ0v) is 13.3. The van der Waals surface area contributed by atoms with Gasteiger partial charge in [-0.25, -0.2) is 0 Å². The van der Waals surface area contributed by atoms with Gasteiger partial charge >= 0.3 is 0 Å². The Morgan fingerprint density at radius 2 is 2.10 bits per heavy atom. The zero-order valence-electron chi connectivity index (χ0n) is 12.5. The van der Waals surface area contributed by atoms with Gasteiger partial charge in [0.2, 0.25) is 0 Å². The second-order valence-corrected chi connectivity index (χ2v) is 6.90. The number of thioether (sulfide) groups is 1. The van der Waals surface area contributed by atoms with E-state index in [1.54, 1.807) is 0 Å². The van der Waals surface area contributed by atoms with Crippen molar-refractivity contribution in [3.63, 3.8) is 0 Å². The van der Waals surface area contributed by atoms with E-state index in [4.69, 9.17) is 0 Å². The number of amides is 1. The smallest absolute Gasteiger partial charge is 0.286 e. The van der Waals surface area contributed by atoms with Gasteiger partial charge in [-0.2, -0.15) is 4.99 Å². The van der Waals surface area contributed by atoms with Crippen LogP contribution in [0.2, 0.25) is 0 Å². The molecule has 2 aliphatic heterocycles. The average molecular weight is 300 g/mol. The summed E-state index contributed by atoms with van der Waals surface area (Å²) < 4.78 is 0. The molecule has 0 atom stereocenters. The zero-order chi connectivity index (χ0) is 14.8. The van der Waals surface area contributed by atoms with Gasteiger partial charge in [0.05, 0.1) is 4.91 Å². The Morgan fingerprint density at radius 3 is 2.81 bits per heavy atom. The standard InChI is InChI=1S/C17H20N2OS/c1-12-6-8-19(9-7-12)17-18-16(20)15(21-17)11-14-5-3-4-13(2)10-14/h3-5,10-12H,6-9H2,1-2H3/b15-11-. The van der Waals surface area contributed by atoms with E-state index in [2.05, 4.69) is 35.9 Å². The summed E-state index contributed by atoms with van der Waals surface area (Å²) in [5, 5.41) is 0.880. The third-order valence-electron chi connectivity index (χ3n) is 4.00. The summed E-state index contributed by atoms with van der Waals surface area (Å²) >= 11 is 1.51. The molecule has 0 saturated carbocycles. The maximum atomic E-state index is 12.1. The van der Waals surface area contributed by atoms with Gasteiger partial charge in [0.15, 0.2) is 5.17 Å². The van der Waals surface area contributed by atoms with Crippen LogP contribution in [0.1, 0.15) is 30.9 Å². The van der Waals surface area contributed by atoms with Crippen LogP contribution in [0.3, 0.4) is 0 Å². The number of benzene rings is 1. The summed E-state index contributed by atoms with van der Waals surface area (Å²) in [6, 6.07) is 8.18. The maximum absolute atomic E-state index is 12.1. The fourth-order valence-electron chi connectivity index (χ4n) is 2.64. The van der Waals surface area contributed by atoms with Gasteiger partial charge in [0.25, 0.3) is 5.91 Å². The van der Waals surface area contributed by atoms with Crippen molar-refractivity contribution < 1.29 is 4.79 Å². The quantitative estimate of drug-likeness (QED) is 0.741. The molecule has 1 aromatic rings. The van der Waals surface area contributed by atoms with Crippen LogP contribution in [0.25, 0.3) is 6.08 Å². The Balaban J connectivity index is 1.73. The van der Waals surface area contributed by atoms with Gasteiger partial charge in [-0.15, -0.1) is 0 Å². The number of rotatable bonds is 1. The van der Waals surface area contributed by atoms with Crippen LogP contribution in [0.5, 0.6) is 0 Å². The highest BCUT2D eigenvalue weighted by Crippen LogP contribution is 2.32. The first-order valence-electron chi connectivity index (χ1n) is 7.46. The molecule has 0 radical (unpaired) electrons. The Kier molecular flexibility index (Phi) is 4.15. The van der Waals surface area contributed by atoms with Crippen molar-refractivity contribution in [1.82, 2.24) is 4.90 Å². The van der Waals surface area contributed by atoms with Crippen LogP contribution >= 0.6 is 11.8 Å². The fraction of sp³-hybridized carbons (Fsp3) is 0.412. The molecule has 110 valence electrons. The Hall–Kier alpha value is -1.55. The van der Waals surface area contributed by atoms with Crippen LogP contribution in [0.4, 0.5) is 0 Å². The molecule has 0 aromatic heterocycles. The van der Waals surface area contributed by atoms with Gasteiger partial charge in [0, 0.05) is 13.1 Å². The number of aryl methyl sites for hydroxylation is 1. The van der Waals surface area contributed by atoms with E-state index in [-0.39, 0.29) is 5.91 Å². The molecule has 1 aromatic carbocycles. The SMILES string of the molecule is Cc1cccc(/C=C2\SC(N3CCC(C)CC3)=NC2=O)c1. The number of carbonyl (C=O) groups excluding carboxylic acids is 1. The molecule has 0 spiro atoms. The first-order chi connectivity index (χ1) is 10.1. The minimum atomic E-state index is -0.102. The molecule has 0 bridgehead atoms. The first kappa shape index (κ1) is 14.4. The van der Waals surface area contributed by atoms with Gasteiger partial charge in [-0.3, -0.25) is 4.79 Å². The number of hydrogen-bond acceptors (Lipinski definition) is 3. The third-order valence-corrected chi connectivity index (χ3v) is 5.05. The van der Waals surface area contributed by atoms with Crippen LogP contribution in [-0.2, 0) is 4.79 Å². The van der Waals surface area contributed by atoms with Crippen molar-refractivity contribution in [2.75, 3.05) is 13.1 Å². The molecule has 21 heavy (non-hydrogen) atoms. The fourth-order valence-corrected chi connectivity index (χ4v) is 3.61. The highest BCUT2D eigenvalue weighted by atomic mass is 32.2. The molecule has 4 heteroatoms. The van der Waals surface area contributed by atoms with Crippen molar-refractivity contribution in [3.8, 4) is 0 Å². The lowest BCUT2D eigenvalue weighted by Crippen LogP contribution is -2.35. The molecule has 0 aliphatic carbocycles. The number of amidine groups is 1. The molecular formula is C17H20N2OS. The highest BCUT2D eigenvalue weighted by Gasteiger charge is 2.28. The Bertz CT molecular complexity index is 613. The topological polar surface area (TPSA) is 32.7 Å².